The second kappa shape index (κ2) is 7.72. The fraction of sp³-hybridized carbons (Fsp3) is 0.462. The lowest BCUT2D eigenvalue weighted by atomic mass is 10.1. The van der Waals surface area contributed by atoms with Gasteiger partial charge in [-0.2, -0.15) is 0 Å². The molecule has 0 saturated heterocycles. The molecule has 94 valence electrons. The van der Waals surface area contributed by atoms with E-state index in [1.54, 1.807) is 12.1 Å². The van der Waals surface area contributed by atoms with E-state index >= 15 is 0 Å². The summed E-state index contributed by atoms with van der Waals surface area (Å²) >= 11 is 9.26. The minimum atomic E-state index is -0.0381. The van der Waals surface area contributed by atoms with Gasteiger partial charge in [0.2, 0.25) is 0 Å². The van der Waals surface area contributed by atoms with Crippen LogP contribution >= 0.6 is 27.5 Å². The van der Waals surface area contributed by atoms with Gasteiger partial charge in [-0.25, -0.2) is 0 Å². The van der Waals surface area contributed by atoms with Crippen LogP contribution in [0.5, 0.6) is 0 Å². The molecule has 0 aliphatic heterocycles. The van der Waals surface area contributed by atoms with Crippen molar-refractivity contribution in [3.05, 3.63) is 34.3 Å². The highest BCUT2D eigenvalue weighted by molar-refractivity contribution is 9.09. The largest absolute Gasteiger partial charge is 0.352 e. The molecule has 1 aromatic rings. The van der Waals surface area contributed by atoms with Crippen molar-refractivity contribution in [1.29, 1.82) is 0 Å². The molecule has 0 heterocycles. The molecule has 0 aromatic heterocycles. The number of hydrogen-bond donors (Lipinski definition) is 1. The summed E-state index contributed by atoms with van der Waals surface area (Å²) in [5, 5.41) is 4.53. The monoisotopic (exact) mass is 317 g/mol. The smallest absolute Gasteiger partial charge is 0.251 e. The highest BCUT2D eigenvalue weighted by Crippen LogP contribution is 2.15. The second-order valence-electron chi connectivity index (χ2n) is 3.96. The lowest BCUT2D eigenvalue weighted by molar-refractivity contribution is 0.0952. The van der Waals surface area contributed by atoms with Crippen LogP contribution in [-0.4, -0.2) is 17.8 Å². The molecule has 0 aliphatic rings. The number of carbonyl (C=O) groups is 1. The maximum atomic E-state index is 11.9. The number of halogens is 2. The van der Waals surface area contributed by atoms with E-state index in [1.165, 1.54) is 0 Å². The molecule has 4 heteroatoms. The Morgan fingerprint density at radius 1 is 1.35 bits per heavy atom. The van der Waals surface area contributed by atoms with E-state index < -0.39 is 0 Å². The van der Waals surface area contributed by atoms with E-state index in [0.29, 0.717) is 10.6 Å². The van der Waals surface area contributed by atoms with Crippen LogP contribution in [0, 0.1) is 6.92 Å². The maximum absolute atomic E-state index is 11.9. The fourth-order valence-electron chi connectivity index (χ4n) is 1.53. The van der Waals surface area contributed by atoms with Gasteiger partial charge in [-0.3, -0.25) is 4.79 Å². The lowest BCUT2D eigenvalue weighted by Gasteiger charge is -2.07. The van der Waals surface area contributed by atoms with Crippen molar-refractivity contribution < 1.29 is 4.79 Å². The van der Waals surface area contributed by atoms with Gasteiger partial charge in [0.15, 0.2) is 0 Å². The minimum absolute atomic E-state index is 0.0381. The van der Waals surface area contributed by atoms with E-state index in [-0.39, 0.29) is 5.91 Å². The van der Waals surface area contributed by atoms with Crippen LogP contribution in [-0.2, 0) is 0 Å². The lowest BCUT2D eigenvalue weighted by Crippen LogP contribution is -2.25. The van der Waals surface area contributed by atoms with Crippen molar-refractivity contribution in [2.75, 3.05) is 11.9 Å². The molecule has 1 aromatic carbocycles. The number of benzene rings is 1. The van der Waals surface area contributed by atoms with Crippen LogP contribution in [0.3, 0.4) is 0 Å². The molecular formula is C13H17BrClNO. The van der Waals surface area contributed by atoms with Crippen molar-refractivity contribution in [2.24, 2.45) is 0 Å². The summed E-state index contributed by atoms with van der Waals surface area (Å²) in [7, 11) is 0. The number of nitrogens with one attached hydrogen (secondary N) is 1. The first kappa shape index (κ1) is 14.5. The van der Waals surface area contributed by atoms with Crippen LogP contribution < -0.4 is 5.32 Å². The average Bonchev–Trinajstić information content (AvgIpc) is 2.32. The topological polar surface area (TPSA) is 29.1 Å². The van der Waals surface area contributed by atoms with Gasteiger partial charge in [-0.05, 0) is 37.5 Å². The van der Waals surface area contributed by atoms with E-state index in [2.05, 4.69) is 21.2 Å². The third kappa shape index (κ3) is 5.09. The number of carbonyl (C=O) groups excluding carboxylic acids is 1. The summed E-state index contributed by atoms with van der Waals surface area (Å²) in [5.41, 5.74) is 1.62. The normalized spacial score (nSPS) is 10.3. The Labute approximate surface area is 116 Å². The zero-order valence-electron chi connectivity index (χ0n) is 9.93. The zero-order chi connectivity index (χ0) is 12.7. The number of rotatable bonds is 6. The van der Waals surface area contributed by atoms with E-state index in [4.69, 9.17) is 11.6 Å². The number of amides is 1. The van der Waals surface area contributed by atoms with E-state index in [1.807, 2.05) is 13.0 Å². The molecule has 1 rings (SSSR count). The predicted octanol–water partition coefficient (Wildman–Crippen LogP) is 3.94. The molecule has 0 spiro atoms. The Bertz CT molecular complexity index is 382. The van der Waals surface area contributed by atoms with Crippen LogP contribution in [0.1, 0.15) is 35.2 Å². The van der Waals surface area contributed by atoms with Gasteiger partial charge in [-0.1, -0.05) is 40.0 Å². The molecule has 0 saturated carbocycles. The SMILES string of the molecule is Cc1ccc(Cl)cc1C(=O)NCCCCCBr. The Morgan fingerprint density at radius 3 is 2.82 bits per heavy atom. The van der Waals surface area contributed by atoms with E-state index in [0.717, 1.165) is 36.7 Å². The van der Waals surface area contributed by atoms with Gasteiger partial charge in [0, 0.05) is 22.5 Å². The fourth-order valence-corrected chi connectivity index (χ4v) is 2.10. The first-order valence-electron chi connectivity index (χ1n) is 5.75. The quantitative estimate of drug-likeness (QED) is 0.624. The van der Waals surface area contributed by atoms with Gasteiger partial charge in [0.05, 0.1) is 0 Å². The van der Waals surface area contributed by atoms with Crippen LogP contribution in [0.2, 0.25) is 5.02 Å². The molecule has 1 amide bonds. The standard InChI is InChI=1S/C13H17BrClNO/c1-10-5-6-11(15)9-12(10)13(17)16-8-4-2-3-7-14/h5-6,9H,2-4,7-8H2,1H3,(H,16,17). The van der Waals surface area contributed by atoms with Crippen molar-refractivity contribution in [2.45, 2.75) is 26.2 Å². The average molecular weight is 319 g/mol. The molecule has 17 heavy (non-hydrogen) atoms. The van der Waals surface area contributed by atoms with Crippen LogP contribution in [0.4, 0.5) is 0 Å². The Morgan fingerprint density at radius 2 is 2.12 bits per heavy atom. The summed E-state index contributed by atoms with van der Waals surface area (Å²) in [6.07, 6.45) is 3.28. The summed E-state index contributed by atoms with van der Waals surface area (Å²) in [5.74, 6) is -0.0381. The third-order valence-corrected chi connectivity index (χ3v) is 3.34. The Balaban J connectivity index is 2.44. The Hall–Kier alpha value is -0.540. The van der Waals surface area contributed by atoms with Crippen LogP contribution in [0.25, 0.3) is 0 Å². The molecule has 0 atom stereocenters. The molecule has 0 aliphatic carbocycles. The molecule has 0 fully saturated rings. The highest BCUT2D eigenvalue weighted by atomic mass is 79.9. The molecule has 0 radical (unpaired) electrons. The van der Waals surface area contributed by atoms with E-state index in [9.17, 15) is 4.79 Å². The third-order valence-electron chi connectivity index (χ3n) is 2.54. The van der Waals surface area contributed by atoms with Gasteiger partial charge in [0.25, 0.3) is 5.91 Å². The maximum Gasteiger partial charge on any atom is 0.251 e. The zero-order valence-corrected chi connectivity index (χ0v) is 12.3. The van der Waals surface area contributed by atoms with Crippen LogP contribution in [0.15, 0.2) is 18.2 Å². The predicted molar refractivity (Wildman–Crippen MR) is 76.2 cm³/mol. The molecule has 0 bridgehead atoms. The first-order valence-corrected chi connectivity index (χ1v) is 7.25. The number of hydrogen-bond acceptors (Lipinski definition) is 1. The summed E-state index contributed by atoms with van der Waals surface area (Å²) in [6.45, 7) is 2.63. The first-order chi connectivity index (χ1) is 8.15. The van der Waals surface area contributed by atoms with Crippen molar-refractivity contribution in [3.63, 3.8) is 0 Å². The van der Waals surface area contributed by atoms with Gasteiger partial charge in [-0.15, -0.1) is 0 Å². The summed E-state index contributed by atoms with van der Waals surface area (Å²) in [6, 6.07) is 5.37. The van der Waals surface area contributed by atoms with Crippen molar-refractivity contribution >= 4 is 33.4 Å². The highest BCUT2D eigenvalue weighted by Gasteiger charge is 2.08. The minimum Gasteiger partial charge on any atom is -0.352 e. The molecule has 2 nitrogen and oxygen atoms in total. The van der Waals surface area contributed by atoms with Crippen molar-refractivity contribution in [3.8, 4) is 0 Å². The second-order valence-corrected chi connectivity index (χ2v) is 5.19. The number of alkyl halides is 1. The van der Waals surface area contributed by atoms with Crippen molar-refractivity contribution in [1.82, 2.24) is 5.32 Å². The van der Waals surface area contributed by atoms with Gasteiger partial charge in [0.1, 0.15) is 0 Å². The van der Waals surface area contributed by atoms with Gasteiger partial charge >= 0.3 is 0 Å². The van der Waals surface area contributed by atoms with Gasteiger partial charge < -0.3 is 5.32 Å². The molecule has 1 N–H and O–H groups in total. The summed E-state index contributed by atoms with van der Waals surface area (Å²) < 4.78 is 0. The number of aryl methyl sites for hydroxylation is 1. The summed E-state index contributed by atoms with van der Waals surface area (Å²) in [4.78, 5) is 11.9. The number of unbranched alkanes of at least 4 members (excludes halogenated alkanes) is 2. The Kier molecular flexibility index (Phi) is 6.60. The molecule has 0 unspecified atom stereocenters. The molecular weight excluding hydrogens is 302 g/mol.